The van der Waals surface area contributed by atoms with Gasteiger partial charge in [-0.05, 0) is 37.6 Å². The zero-order valence-electron chi connectivity index (χ0n) is 9.61. The number of rotatable bonds is 4. The minimum atomic E-state index is 0.566. The fourth-order valence-corrected chi connectivity index (χ4v) is 1.90. The summed E-state index contributed by atoms with van der Waals surface area (Å²) in [5.74, 6) is 1.21. The van der Waals surface area contributed by atoms with Crippen LogP contribution in [0.5, 0.6) is 0 Å². The molecule has 0 spiro atoms. The lowest BCUT2D eigenvalue weighted by atomic mass is 10.1. The second-order valence-corrected chi connectivity index (χ2v) is 4.77. The van der Waals surface area contributed by atoms with Crippen LogP contribution in [0.4, 0.5) is 0 Å². The summed E-state index contributed by atoms with van der Waals surface area (Å²) < 4.78 is 6.61. The Bertz CT molecular complexity index is 510. The van der Waals surface area contributed by atoms with Crippen molar-refractivity contribution in [2.75, 3.05) is 6.54 Å². The van der Waals surface area contributed by atoms with Crippen LogP contribution < -0.4 is 5.73 Å². The standard InChI is InChI=1S/C12H14BrN3O/c1-8-4-5-9(13)7-10(8)12-16-15-11(17-12)3-2-6-14/h4-5,7H,2-3,6,14H2,1H3. The van der Waals surface area contributed by atoms with Crippen molar-refractivity contribution in [3.8, 4) is 11.5 Å². The number of halogens is 1. The van der Waals surface area contributed by atoms with E-state index in [1.54, 1.807) is 0 Å². The Morgan fingerprint density at radius 3 is 2.94 bits per heavy atom. The Labute approximate surface area is 108 Å². The van der Waals surface area contributed by atoms with Gasteiger partial charge in [-0.2, -0.15) is 0 Å². The van der Waals surface area contributed by atoms with Crippen molar-refractivity contribution in [1.29, 1.82) is 0 Å². The van der Waals surface area contributed by atoms with Gasteiger partial charge in [0.15, 0.2) is 0 Å². The van der Waals surface area contributed by atoms with Gasteiger partial charge in [0.05, 0.1) is 0 Å². The van der Waals surface area contributed by atoms with Crippen molar-refractivity contribution >= 4 is 15.9 Å². The molecule has 90 valence electrons. The van der Waals surface area contributed by atoms with E-state index in [2.05, 4.69) is 26.1 Å². The molecule has 2 N–H and O–H groups in total. The molecule has 1 heterocycles. The third-order valence-electron chi connectivity index (χ3n) is 2.49. The van der Waals surface area contributed by atoms with Crippen LogP contribution in [0.1, 0.15) is 17.9 Å². The van der Waals surface area contributed by atoms with Crippen LogP contribution in [-0.4, -0.2) is 16.7 Å². The smallest absolute Gasteiger partial charge is 0.248 e. The molecule has 1 aromatic heterocycles. The van der Waals surface area contributed by atoms with Crippen LogP contribution >= 0.6 is 15.9 Å². The monoisotopic (exact) mass is 295 g/mol. The lowest BCUT2D eigenvalue weighted by Crippen LogP contribution is -2.00. The van der Waals surface area contributed by atoms with Gasteiger partial charge in [0.1, 0.15) is 0 Å². The van der Waals surface area contributed by atoms with Gasteiger partial charge in [0, 0.05) is 16.5 Å². The van der Waals surface area contributed by atoms with E-state index in [1.165, 1.54) is 0 Å². The average molecular weight is 296 g/mol. The molecule has 0 fully saturated rings. The number of aromatic nitrogens is 2. The Kier molecular flexibility index (Phi) is 3.91. The summed E-state index contributed by atoms with van der Waals surface area (Å²) in [5, 5.41) is 8.08. The van der Waals surface area contributed by atoms with E-state index in [4.69, 9.17) is 10.2 Å². The molecule has 1 aromatic carbocycles. The van der Waals surface area contributed by atoms with Crippen LogP contribution in [0.15, 0.2) is 27.1 Å². The van der Waals surface area contributed by atoms with Gasteiger partial charge in [-0.3, -0.25) is 0 Å². The Hall–Kier alpha value is -1.20. The molecule has 0 amide bonds. The van der Waals surface area contributed by atoms with E-state index in [-0.39, 0.29) is 0 Å². The molecule has 0 aliphatic carbocycles. The van der Waals surface area contributed by atoms with E-state index >= 15 is 0 Å². The number of hydrogen-bond donors (Lipinski definition) is 1. The molecule has 2 aromatic rings. The fraction of sp³-hybridized carbons (Fsp3) is 0.333. The van der Waals surface area contributed by atoms with Crippen molar-refractivity contribution in [1.82, 2.24) is 10.2 Å². The topological polar surface area (TPSA) is 64.9 Å². The predicted molar refractivity (Wildman–Crippen MR) is 69.5 cm³/mol. The second-order valence-electron chi connectivity index (χ2n) is 3.85. The van der Waals surface area contributed by atoms with Crippen molar-refractivity contribution in [2.45, 2.75) is 19.8 Å². The minimum absolute atomic E-state index is 0.566. The normalized spacial score (nSPS) is 10.8. The largest absolute Gasteiger partial charge is 0.421 e. The van der Waals surface area contributed by atoms with Gasteiger partial charge in [-0.1, -0.05) is 22.0 Å². The third-order valence-corrected chi connectivity index (χ3v) is 2.98. The summed E-state index contributed by atoms with van der Waals surface area (Å²) in [4.78, 5) is 0. The predicted octanol–water partition coefficient (Wildman–Crippen LogP) is 2.70. The van der Waals surface area contributed by atoms with Gasteiger partial charge in [-0.15, -0.1) is 10.2 Å². The molecular formula is C12H14BrN3O. The van der Waals surface area contributed by atoms with Gasteiger partial charge in [0.25, 0.3) is 0 Å². The molecule has 0 unspecified atom stereocenters. The highest BCUT2D eigenvalue weighted by Gasteiger charge is 2.10. The maximum atomic E-state index is 5.61. The summed E-state index contributed by atoms with van der Waals surface area (Å²) >= 11 is 3.44. The SMILES string of the molecule is Cc1ccc(Br)cc1-c1nnc(CCCN)o1. The molecule has 4 nitrogen and oxygen atoms in total. The molecule has 5 heteroatoms. The van der Waals surface area contributed by atoms with Gasteiger partial charge < -0.3 is 10.2 Å². The number of aryl methyl sites for hydroxylation is 2. The molecule has 0 atom stereocenters. The number of nitrogens with zero attached hydrogens (tertiary/aromatic N) is 2. The number of hydrogen-bond acceptors (Lipinski definition) is 4. The molecule has 0 bridgehead atoms. The first-order chi connectivity index (χ1) is 8.20. The first kappa shape index (κ1) is 12.3. The fourth-order valence-electron chi connectivity index (χ4n) is 1.54. The zero-order valence-corrected chi connectivity index (χ0v) is 11.2. The lowest BCUT2D eigenvalue weighted by molar-refractivity contribution is 0.498. The Balaban J connectivity index is 2.27. The quantitative estimate of drug-likeness (QED) is 0.942. The second kappa shape index (κ2) is 5.42. The third kappa shape index (κ3) is 2.92. The van der Waals surface area contributed by atoms with Gasteiger partial charge in [-0.25, -0.2) is 0 Å². The van der Waals surface area contributed by atoms with E-state index in [1.807, 2.05) is 25.1 Å². The zero-order chi connectivity index (χ0) is 12.3. The molecule has 0 aliphatic heterocycles. The summed E-state index contributed by atoms with van der Waals surface area (Å²) in [6, 6.07) is 5.99. The van der Waals surface area contributed by atoms with Crippen LogP contribution in [0, 0.1) is 6.92 Å². The van der Waals surface area contributed by atoms with Crippen LogP contribution in [0.3, 0.4) is 0 Å². The molecule has 2 rings (SSSR count). The molecule has 17 heavy (non-hydrogen) atoms. The Morgan fingerprint density at radius 2 is 2.18 bits per heavy atom. The van der Waals surface area contributed by atoms with Gasteiger partial charge >= 0.3 is 0 Å². The highest BCUT2D eigenvalue weighted by molar-refractivity contribution is 9.10. The molecule has 0 saturated heterocycles. The summed E-state index contributed by atoms with van der Waals surface area (Å²) in [6.45, 7) is 2.65. The highest BCUT2D eigenvalue weighted by Crippen LogP contribution is 2.25. The first-order valence-corrected chi connectivity index (χ1v) is 6.29. The number of nitrogens with two attached hydrogens (primary N) is 1. The molecule has 0 saturated carbocycles. The summed E-state index contributed by atoms with van der Waals surface area (Å²) in [6.07, 6.45) is 1.59. The van der Waals surface area contributed by atoms with E-state index < -0.39 is 0 Å². The highest BCUT2D eigenvalue weighted by atomic mass is 79.9. The van der Waals surface area contributed by atoms with Crippen molar-refractivity contribution < 1.29 is 4.42 Å². The minimum Gasteiger partial charge on any atom is -0.421 e. The maximum absolute atomic E-state index is 5.61. The van der Waals surface area contributed by atoms with Crippen molar-refractivity contribution in [3.63, 3.8) is 0 Å². The van der Waals surface area contributed by atoms with E-state index in [9.17, 15) is 0 Å². The molecule has 0 radical (unpaired) electrons. The van der Waals surface area contributed by atoms with Crippen LogP contribution in [0.25, 0.3) is 11.5 Å². The molecule has 0 aliphatic rings. The van der Waals surface area contributed by atoms with E-state index in [0.717, 1.165) is 28.4 Å². The lowest BCUT2D eigenvalue weighted by Gasteiger charge is -2.00. The van der Waals surface area contributed by atoms with Crippen LogP contribution in [0.2, 0.25) is 0 Å². The van der Waals surface area contributed by atoms with Gasteiger partial charge in [0.2, 0.25) is 11.8 Å². The summed E-state index contributed by atoms with van der Waals surface area (Å²) in [5.41, 5.74) is 7.52. The maximum Gasteiger partial charge on any atom is 0.248 e. The van der Waals surface area contributed by atoms with E-state index in [0.29, 0.717) is 18.3 Å². The number of benzene rings is 1. The summed E-state index contributed by atoms with van der Waals surface area (Å²) in [7, 11) is 0. The first-order valence-electron chi connectivity index (χ1n) is 5.49. The van der Waals surface area contributed by atoms with Crippen molar-refractivity contribution in [2.24, 2.45) is 5.73 Å². The molecular weight excluding hydrogens is 282 g/mol. The van der Waals surface area contributed by atoms with Crippen molar-refractivity contribution in [3.05, 3.63) is 34.1 Å². The Morgan fingerprint density at radius 1 is 1.35 bits per heavy atom. The average Bonchev–Trinajstić information content (AvgIpc) is 2.78. The van der Waals surface area contributed by atoms with Crippen LogP contribution in [-0.2, 0) is 6.42 Å².